The van der Waals surface area contributed by atoms with Crippen molar-refractivity contribution in [3.63, 3.8) is 0 Å². The average molecular weight is 316 g/mol. The van der Waals surface area contributed by atoms with Gasteiger partial charge >= 0.3 is 0 Å². The van der Waals surface area contributed by atoms with Crippen LogP contribution in [0.2, 0.25) is 0 Å². The number of benzene rings is 1. The van der Waals surface area contributed by atoms with Gasteiger partial charge in [0.2, 0.25) is 5.91 Å². The van der Waals surface area contributed by atoms with Crippen molar-refractivity contribution in [2.75, 3.05) is 5.75 Å². The molecule has 0 atom stereocenters. The molecular formula is C13H18BrNOS. The molecule has 1 rings (SSSR count). The van der Waals surface area contributed by atoms with Crippen LogP contribution in [-0.4, -0.2) is 17.7 Å². The third-order valence-corrected chi connectivity index (χ3v) is 4.28. The predicted octanol–water partition coefficient (Wildman–Crippen LogP) is 3.68. The highest BCUT2D eigenvalue weighted by Gasteiger charge is 2.07. The van der Waals surface area contributed by atoms with E-state index in [-0.39, 0.29) is 11.9 Å². The molecule has 0 heterocycles. The van der Waals surface area contributed by atoms with Crippen LogP contribution in [0.1, 0.15) is 25.0 Å². The molecule has 0 radical (unpaired) electrons. The first kappa shape index (κ1) is 14.6. The lowest BCUT2D eigenvalue weighted by atomic mass is 10.2. The minimum Gasteiger partial charge on any atom is -0.353 e. The number of halogens is 1. The Morgan fingerprint density at radius 3 is 2.59 bits per heavy atom. The molecule has 0 saturated carbocycles. The molecule has 0 aliphatic heterocycles. The summed E-state index contributed by atoms with van der Waals surface area (Å²) in [4.78, 5) is 12.7. The largest absolute Gasteiger partial charge is 0.353 e. The zero-order valence-corrected chi connectivity index (χ0v) is 13.0. The van der Waals surface area contributed by atoms with E-state index in [9.17, 15) is 4.79 Å². The number of hydrogen-bond acceptors (Lipinski definition) is 2. The molecule has 1 aromatic rings. The molecule has 1 N–H and O–H groups in total. The fourth-order valence-electron chi connectivity index (χ4n) is 1.42. The average Bonchev–Trinajstić information content (AvgIpc) is 2.20. The maximum Gasteiger partial charge on any atom is 0.230 e. The van der Waals surface area contributed by atoms with Crippen LogP contribution < -0.4 is 5.32 Å². The van der Waals surface area contributed by atoms with Gasteiger partial charge in [0.1, 0.15) is 0 Å². The van der Waals surface area contributed by atoms with E-state index in [1.165, 1.54) is 16.0 Å². The molecule has 0 fully saturated rings. The highest BCUT2D eigenvalue weighted by atomic mass is 79.9. The first-order valence-corrected chi connectivity index (χ1v) is 7.37. The number of aryl methyl sites for hydroxylation is 2. The van der Waals surface area contributed by atoms with E-state index < -0.39 is 0 Å². The Hall–Kier alpha value is -0.480. The van der Waals surface area contributed by atoms with Crippen LogP contribution in [0.15, 0.2) is 21.5 Å². The minimum atomic E-state index is 0.0879. The molecule has 0 spiro atoms. The summed E-state index contributed by atoms with van der Waals surface area (Å²) in [7, 11) is 0. The molecule has 0 aliphatic carbocycles. The minimum absolute atomic E-state index is 0.0879. The van der Waals surface area contributed by atoms with E-state index in [0.717, 1.165) is 4.47 Å². The van der Waals surface area contributed by atoms with Crippen LogP contribution in [0.5, 0.6) is 0 Å². The van der Waals surface area contributed by atoms with Crippen molar-refractivity contribution in [2.24, 2.45) is 0 Å². The van der Waals surface area contributed by atoms with Crippen LogP contribution in [0.25, 0.3) is 0 Å². The summed E-state index contributed by atoms with van der Waals surface area (Å²) >= 11 is 5.09. The molecule has 1 amide bonds. The second kappa shape index (κ2) is 6.45. The standard InChI is InChI=1S/C13H18BrNOS/c1-8(2)15-13(16)7-17-12-6-9(3)11(14)5-10(12)4/h5-6,8H,7H2,1-4H3,(H,15,16). The lowest BCUT2D eigenvalue weighted by molar-refractivity contribution is -0.119. The molecule has 0 unspecified atom stereocenters. The maximum atomic E-state index is 11.5. The summed E-state index contributed by atoms with van der Waals surface area (Å²) in [5.41, 5.74) is 2.40. The quantitative estimate of drug-likeness (QED) is 0.859. The summed E-state index contributed by atoms with van der Waals surface area (Å²) in [5, 5.41) is 2.89. The molecule has 17 heavy (non-hydrogen) atoms. The summed E-state index contributed by atoms with van der Waals surface area (Å²) < 4.78 is 1.12. The Kier molecular flexibility index (Phi) is 5.53. The molecule has 0 aliphatic rings. The van der Waals surface area contributed by atoms with Gasteiger partial charge in [-0.05, 0) is 51.0 Å². The lowest BCUT2D eigenvalue weighted by Gasteiger charge is -2.10. The van der Waals surface area contributed by atoms with Gasteiger partial charge in [0.05, 0.1) is 5.75 Å². The van der Waals surface area contributed by atoms with Gasteiger partial charge in [-0.2, -0.15) is 0 Å². The fourth-order valence-corrected chi connectivity index (χ4v) is 2.79. The van der Waals surface area contributed by atoms with Gasteiger partial charge in [0.15, 0.2) is 0 Å². The predicted molar refractivity (Wildman–Crippen MR) is 77.6 cm³/mol. The van der Waals surface area contributed by atoms with Gasteiger partial charge in [0, 0.05) is 15.4 Å². The van der Waals surface area contributed by atoms with Crippen LogP contribution in [0, 0.1) is 13.8 Å². The first-order chi connectivity index (χ1) is 7.90. The molecule has 0 saturated heterocycles. The SMILES string of the molecule is Cc1cc(SCC(=O)NC(C)C)c(C)cc1Br. The Labute approximate surface area is 116 Å². The van der Waals surface area contributed by atoms with E-state index >= 15 is 0 Å². The third-order valence-electron chi connectivity index (χ3n) is 2.26. The van der Waals surface area contributed by atoms with Gasteiger partial charge in [0.25, 0.3) is 0 Å². The smallest absolute Gasteiger partial charge is 0.230 e. The number of nitrogens with one attached hydrogen (secondary N) is 1. The number of amides is 1. The summed E-state index contributed by atoms with van der Waals surface area (Å²) in [6.07, 6.45) is 0. The summed E-state index contributed by atoms with van der Waals surface area (Å²) in [6, 6.07) is 4.42. The second-order valence-corrected chi connectivity index (χ2v) is 6.25. The van der Waals surface area contributed by atoms with E-state index in [2.05, 4.69) is 47.2 Å². The molecular weight excluding hydrogens is 298 g/mol. The highest BCUT2D eigenvalue weighted by molar-refractivity contribution is 9.10. The Balaban J connectivity index is 2.63. The zero-order chi connectivity index (χ0) is 13.0. The molecule has 0 bridgehead atoms. The fraction of sp³-hybridized carbons (Fsp3) is 0.462. The van der Waals surface area contributed by atoms with Crippen molar-refractivity contribution in [1.82, 2.24) is 5.32 Å². The van der Waals surface area contributed by atoms with Gasteiger partial charge < -0.3 is 5.32 Å². The summed E-state index contributed by atoms with van der Waals surface area (Å²) in [5.74, 6) is 0.560. The van der Waals surface area contributed by atoms with E-state index in [4.69, 9.17) is 0 Å². The van der Waals surface area contributed by atoms with Crippen LogP contribution in [0.4, 0.5) is 0 Å². The second-order valence-electron chi connectivity index (χ2n) is 4.38. The van der Waals surface area contributed by atoms with Crippen molar-refractivity contribution in [2.45, 2.75) is 38.6 Å². The Morgan fingerprint density at radius 1 is 1.35 bits per heavy atom. The Bertz CT molecular complexity index is 418. The van der Waals surface area contributed by atoms with Crippen molar-refractivity contribution in [3.8, 4) is 0 Å². The molecule has 1 aromatic carbocycles. The van der Waals surface area contributed by atoms with Crippen molar-refractivity contribution >= 4 is 33.6 Å². The van der Waals surface area contributed by atoms with Crippen LogP contribution in [-0.2, 0) is 4.79 Å². The lowest BCUT2D eigenvalue weighted by Crippen LogP contribution is -2.31. The number of thioether (sulfide) groups is 1. The number of rotatable bonds is 4. The third kappa shape index (κ3) is 4.72. The van der Waals surface area contributed by atoms with Crippen molar-refractivity contribution in [3.05, 3.63) is 27.7 Å². The Morgan fingerprint density at radius 2 is 2.00 bits per heavy atom. The topological polar surface area (TPSA) is 29.1 Å². The van der Waals surface area contributed by atoms with Gasteiger partial charge in [-0.3, -0.25) is 4.79 Å². The van der Waals surface area contributed by atoms with Crippen molar-refractivity contribution < 1.29 is 4.79 Å². The van der Waals surface area contributed by atoms with Gasteiger partial charge in [-0.15, -0.1) is 11.8 Å². The number of hydrogen-bond donors (Lipinski definition) is 1. The van der Waals surface area contributed by atoms with Crippen LogP contribution >= 0.6 is 27.7 Å². The maximum absolute atomic E-state index is 11.5. The van der Waals surface area contributed by atoms with E-state index in [1.54, 1.807) is 11.8 Å². The molecule has 94 valence electrons. The van der Waals surface area contributed by atoms with Gasteiger partial charge in [-0.25, -0.2) is 0 Å². The summed E-state index contributed by atoms with van der Waals surface area (Å²) in [6.45, 7) is 8.06. The monoisotopic (exact) mass is 315 g/mol. The molecule has 0 aromatic heterocycles. The van der Waals surface area contributed by atoms with E-state index in [1.807, 2.05) is 13.8 Å². The zero-order valence-electron chi connectivity index (χ0n) is 10.6. The highest BCUT2D eigenvalue weighted by Crippen LogP contribution is 2.28. The number of carbonyl (C=O) groups excluding carboxylic acids is 1. The first-order valence-electron chi connectivity index (χ1n) is 5.59. The van der Waals surface area contributed by atoms with Gasteiger partial charge in [-0.1, -0.05) is 15.9 Å². The van der Waals surface area contributed by atoms with Crippen LogP contribution in [0.3, 0.4) is 0 Å². The van der Waals surface area contributed by atoms with E-state index in [0.29, 0.717) is 5.75 Å². The van der Waals surface area contributed by atoms with Crippen molar-refractivity contribution in [1.29, 1.82) is 0 Å². The molecule has 4 heteroatoms. The normalized spacial score (nSPS) is 10.7. The molecule has 2 nitrogen and oxygen atoms in total. The number of carbonyl (C=O) groups is 1.